The minimum absolute atomic E-state index is 0.0571. The number of carbonyl (C=O) groups excluding carboxylic acids is 1. The SMILES string of the molecule is CCS(=O)(=O)N1CC(=O)N2[C@@H](CO)[C@H](c3ccc(-c4ccccc4F)cc3)[C@@H]2C1. The number of carbonyl (C=O) groups is 1. The molecule has 0 aromatic heterocycles. The lowest BCUT2D eigenvalue weighted by Crippen LogP contribution is -2.73. The van der Waals surface area contributed by atoms with Gasteiger partial charge in [-0.2, -0.15) is 4.31 Å². The number of piperazine rings is 1. The van der Waals surface area contributed by atoms with E-state index >= 15 is 0 Å². The zero-order chi connectivity index (χ0) is 20.8. The summed E-state index contributed by atoms with van der Waals surface area (Å²) in [7, 11) is -3.47. The van der Waals surface area contributed by atoms with Crippen LogP contribution in [0.4, 0.5) is 4.39 Å². The third-order valence-corrected chi connectivity index (χ3v) is 7.75. The molecular formula is C21H23FN2O4S. The fraction of sp³-hybridized carbons (Fsp3) is 0.381. The number of hydrogen-bond acceptors (Lipinski definition) is 4. The highest BCUT2D eigenvalue weighted by atomic mass is 32.2. The van der Waals surface area contributed by atoms with Crippen molar-refractivity contribution in [2.24, 2.45) is 0 Å². The fourth-order valence-electron chi connectivity index (χ4n) is 4.44. The number of rotatable bonds is 5. The third-order valence-electron chi connectivity index (χ3n) is 5.96. The van der Waals surface area contributed by atoms with Gasteiger partial charge >= 0.3 is 0 Å². The van der Waals surface area contributed by atoms with Gasteiger partial charge in [0.05, 0.1) is 31.0 Å². The quantitative estimate of drug-likeness (QED) is 0.804. The molecule has 2 fully saturated rings. The molecule has 29 heavy (non-hydrogen) atoms. The van der Waals surface area contributed by atoms with E-state index < -0.39 is 10.0 Å². The first-order chi connectivity index (χ1) is 13.9. The fourth-order valence-corrected chi connectivity index (χ4v) is 5.50. The second-order valence-corrected chi connectivity index (χ2v) is 9.70. The molecule has 3 atom stereocenters. The van der Waals surface area contributed by atoms with Crippen LogP contribution in [0.1, 0.15) is 18.4 Å². The van der Waals surface area contributed by atoms with Crippen molar-refractivity contribution in [2.75, 3.05) is 25.4 Å². The van der Waals surface area contributed by atoms with Crippen molar-refractivity contribution >= 4 is 15.9 Å². The number of nitrogens with zero attached hydrogens (tertiary/aromatic N) is 2. The summed E-state index contributed by atoms with van der Waals surface area (Å²) in [4.78, 5) is 14.1. The van der Waals surface area contributed by atoms with Crippen LogP contribution >= 0.6 is 0 Å². The normalized spacial score (nSPS) is 24.9. The molecule has 0 aliphatic carbocycles. The lowest BCUT2D eigenvalue weighted by atomic mass is 9.74. The summed E-state index contributed by atoms with van der Waals surface area (Å²) in [6.45, 7) is 1.41. The van der Waals surface area contributed by atoms with Crippen LogP contribution in [-0.4, -0.2) is 66.2 Å². The number of fused-ring (bicyclic) bond motifs is 1. The molecule has 0 unspecified atom stereocenters. The number of sulfonamides is 1. The first-order valence-electron chi connectivity index (χ1n) is 9.62. The summed E-state index contributed by atoms with van der Waals surface area (Å²) < 4.78 is 39.8. The van der Waals surface area contributed by atoms with Crippen molar-refractivity contribution in [3.63, 3.8) is 0 Å². The van der Waals surface area contributed by atoms with Crippen LogP contribution in [0.2, 0.25) is 0 Å². The summed E-state index contributed by atoms with van der Waals surface area (Å²) in [5, 5.41) is 9.84. The Bertz CT molecular complexity index is 1030. The smallest absolute Gasteiger partial charge is 0.238 e. The van der Waals surface area contributed by atoms with E-state index in [4.69, 9.17) is 0 Å². The average Bonchev–Trinajstić information content (AvgIpc) is 2.70. The average molecular weight is 418 g/mol. The largest absolute Gasteiger partial charge is 0.394 e. The van der Waals surface area contributed by atoms with Gasteiger partial charge in [0.25, 0.3) is 0 Å². The molecule has 2 aromatic rings. The third kappa shape index (κ3) is 3.35. The summed E-state index contributed by atoms with van der Waals surface area (Å²) in [5.41, 5.74) is 2.13. The zero-order valence-electron chi connectivity index (χ0n) is 16.0. The van der Waals surface area contributed by atoms with Crippen molar-refractivity contribution in [2.45, 2.75) is 24.9 Å². The van der Waals surface area contributed by atoms with E-state index in [9.17, 15) is 22.7 Å². The van der Waals surface area contributed by atoms with E-state index in [1.165, 1.54) is 10.4 Å². The molecule has 1 N–H and O–H groups in total. The van der Waals surface area contributed by atoms with Crippen molar-refractivity contribution in [1.82, 2.24) is 9.21 Å². The molecule has 0 saturated carbocycles. The van der Waals surface area contributed by atoms with Gasteiger partial charge in [0.15, 0.2) is 0 Å². The van der Waals surface area contributed by atoms with E-state index in [-0.39, 0.29) is 55.2 Å². The summed E-state index contributed by atoms with van der Waals surface area (Å²) in [5.74, 6) is -0.815. The highest BCUT2D eigenvalue weighted by Gasteiger charge is 2.55. The van der Waals surface area contributed by atoms with E-state index in [1.807, 2.05) is 24.3 Å². The van der Waals surface area contributed by atoms with Crippen LogP contribution in [0.15, 0.2) is 48.5 Å². The molecule has 4 rings (SSSR count). The molecule has 0 bridgehead atoms. The minimum Gasteiger partial charge on any atom is -0.394 e. The van der Waals surface area contributed by atoms with Crippen LogP contribution in [0.3, 0.4) is 0 Å². The van der Waals surface area contributed by atoms with Crippen LogP contribution in [0.25, 0.3) is 11.1 Å². The van der Waals surface area contributed by atoms with Crippen molar-refractivity contribution in [3.05, 3.63) is 59.9 Å². The van der Waals surface area contributed by atoms with E-state index in [0.717, 1.165) is 11.1 Å². The Morgan fingerprint density at radius 1 is 1.14 bits per heavy atom. The lowest BCUT2D eigenvalue weighted by molar-refractivity contribution is -0.158. The van der Waals surface area contributed by atoms with Crippen molar-refractivity contribution in [3.8, 4) is 11.1 Å². The van der Waals surface area contributed by atoms with Gasteiger partial charge in [-0.1, -0.05) is 42.5 Å². The molecule has 2 aromatic carbocycles. The molecule has 6 nitrogen and oxygen atoms in total. The monoisotopic (exact) mass is 418 g/mol. The van der Waals surface area contributed by atoms with Gasteiger partial charge in [0.2, 0.25) is 15.9 Å². The Morgan fingerprint density at radius 2 is 1.83 bits per heavy atom. The Kier molecular flexibility index (Phi) is 5.18. The van der Waals surface area contributed by atoms with E-state index in [0.29, 0.717) is 5.56 Å². The van der Waals surface area contributed by atoms with Crippen molar-refractivity contribution < 1.29 is 22.7 Å². The van der Waals surface area contributed by atoms with Crippen molar-refractivity contribution in [1.29, 1.82) is 0 Å². The Balaban J connectivity index is 1.62. The van der Waals surface area contributed by atoms with E-state index in [1.54, 1.807) is 30.0 Å². The number of hydrogen-bond donors (Lipinski definition) is 1. The standard InChI is InChI=1S/C21H23FN2O4S/c1-2-29(27,28)23-11-18-21(19(13-25)24(18)20(26)12-23)15-9-7-14(8-10-15)16-5-3-4-6-17(16)22/h3-10,18-19,21,25H,2,11-13H2,1H3/t18-,19-,21+/m0/s1. The predicted molar refractivity (Wildman–Crippen MR) is 107 cm³/mol. The Labute approximate surface area is 169 Å². The van der Waals surface area contributed by atoms with Gasteiger partial charge in [-0.05, 0) is 24.1 Å². The van der Waals surface area contributed by atoms with Crippen LogP contribution in [0.5, 0.6) is 0 Å². The van der Waals surface area contributed by atoms with Crippen LogP contribution < -0.4 is 0 Å². The first-order valence-corrected chi connectivity index (χ1v) is 11.2. The van der Waals surface area contributed by atoms with Gasteiger partial charge in [0, 0.05) is 18.0 Å². The highest BCUT2D eigenvalue weighted by molar-refractivity contribution is 7.89. The van der Waals surface area contributed by atoms with Gasteiger partial charge in [-0.15, -0.1) is 0 Å². The highest BCUT2D eigenvalue weighted by Crippen LogP contribution is 2.43. The molecule has 0 radical (unpaired) electrons. The lowest BCUT2D eigenvalue weighted by Gasteiger charge is -2.58. The molecule has 2 aliphatic heterocycles. The maximum atomic E-state index is 14.0. The molecule has 8 heteroatoms. The molecule has 2 heterocycles. The van der Waals surface area contributed by atoms with E-state index in [2.05, 4.69) is 0 Å². The number of halogens is 1. The Morgan fingerprint density at radius 3 is 2.45 bits per heavy atom. The molecule has 2 aliphatic rings. The van der Waals surface area contributed by atoms with Gasteiger partial charge < -0.3 is 10.0 Å². The van der Waals surface area contributed by atoms with Gasteiger partial charge in [0.1, 0.15) is 5.82 Å². The van der Waals surface area contributed by atoms with Gasteiger partial charge in [-0.3, -0.25) is 4.79 Å². The summed E-state index contributed by atoms with van der Waals surface area (Å²) >= 11 is 0. The minimum atomic E-state index is -3.47. The topological polar surface area (TPSA) is 77.9 Å². The number of benzene rings is 2. The zero-order valence-corrected chi connectivity index (χ0v) is 16.8. The van der Waals surface area contributed by atoms with Crippen LogP contribution in [-0.2, 0) is 14.8 Å². The molecule has 2 saturated heterocycles. The van der Waals surface area contributed by atoms with Gasteiger partial charge in [-0.25, -0.2) is 12.8 Å². The number of amides is 1. The second kappa shape index (κ2) is 7.51. The second-order valence-electron chi connectivity index (χ2n) is 7.44. The van der Waals surface area contributed by atoms with Crippen LogP contribution in [0, 0.1) is 5.82 Å². The maximum Gasteiger partial charge on any atom is 0.238 e. The maximum absolute atomic E-state index is 14.0. The summed E-state index contributed by atoms with van der Waals surface area (Å²) in [6.07, 6.45) is 0. The first kappa shape index (κ1) is 20.0. The molecule has 0 spiro atoms. The molecule has 1 amide bonds. The molecular weight excluding hydrogens is 395 g/mol. The number of aliphatic hydroxyl groups is 1. The Hall–Kier alpha value is -2.29. The predicted octanol–water partition coefficient (Wildman–Crippen LogP) is 1.81. The molecule has 154 valence electrons. The number of aliphatic hydroxyl groups excluding tert-OH is 1. The summed E-state index contributed by atoms with van der Waals surface area (Å²) in [6, 6.07) is 13.2.